The third kappa shape index (κ3) is 2.98. The summed E-state index contributed by atoms with van der Waals surface area (Å²) in [5.74, 6) is -0.568. The molecule has 0 aromatic carbocycles. The third-order valence-electron chi connectivity index (χ3n) is 4.77. The highest BCUT2D eigenvalue weighted by atomic mass is 79.9. The van der Waals surface area contributed by atoms with Crippen molar-refractivity contribution in [2.45, 2.75) is 25.7 Å². The number of anilines is 2. The van der Waals surface area contributed by atoms with Crippen LogP contribution in [0.3, 0.4) is 0 Å². The number of nitrogen functional groups attached to an aromatic ring is 2. The Morgan fingerprint density at radius 1 is 0.857 bits per heavy atom. The number of aromatic nitrogens is 2. The van der Waals surface area contributed by atoms with Crippen LogP contribution in [0.25, 0.3) is 22.2 Å². The van der Waals surface area contributed by atoms with E-state index in [1.807, 2.05) is 0 Å². The molecule has 0 fully saturated rings. The molecule has 4 heterocycles. The molecule has 0 saturated carbocycles. The molecule has 7 nitrogen and oxygen atoms in total. The van der Waals surface area contributed by atoms with Gasteiger partial charge in [-0.25, -0.2) is 9.97 Å². The fraction of sp³-hybridized carbons (Fsp3) is 0.211. The topological polar surface area (TPSA) is 121 Å². The van der Waals surface area contributed by atoms with E-state index in [1.165, 1.54) is 0 Å². The molecule has 144 valence electrons. The highest BCUT2D eigenvalue weighted by Crippen LogP contribution is 2.39. The normalized spacial score (nSPS) is 13.9. The first kappa shape index (κ1) is 18.9. The lowest BCUT2D eigenvalue weighted by molar-refractivity contribution is -0.121. The van der Waals surface area contributed by atoms with Gasteiger partial charge in [-0.05, 0) is 70.0 Å². The highest BCUT2D eigenvalue weighted by molar-refractivity contribution is 9.10. The average Bonchev–Trinajstić information content (AvgIpc) is 3.17. The van der Waals surface area contributed by atoms with Crippen molar-refractivity contribution in [2.24, 2.45) is 0 Å². The van der Waals surface area contributed by atoms with Crippen molar-refractivity contribution in [3.05, 3.63) is 45.0 Å². The minimum atomic E-state index is -0.602. The second-order valence-corrected chi connectivity index (χ2v) is 8.19. The SMILES string of the molecule is CC(C(=O)C(C)c1oc2ccc(Br)nc2c1N)c1oc2ccc(Br)nc2c1N. The number of halogens is 2. The molecule has 0 saturated heterocycles. The van der Waals surface area contributed by atoms with E-state index >= 15 is 0 Å². The van der Waals surface area contributed by atoms with E-state index in [9.17, 15) is 4.79 Å². The Labute approximate surface area is 176 Å². The van der Waals surface area contributed by atoms with E-state index in [0.29, 0.717) is 54.3 Å². The first-order valence-electron chi connectivity index (χ1n) is 8.50. The molecule has 0 aliphatic carbocycles. The number of ketones is 1. The van der Waals surface area contributed by atoms with Gasteiger partial charge in [0.1, 0.15) is 43.1 Å². The molecule has 4 aromatic heterocycles. The Hall–Kier alpha value is -2.39. The van der Waals surface area contributed by atoms with E-state index in [1.54, 1.807) is 38.1 Å². The Bertz CT molecular complexity index is 1140. The number of nitrogens with two attached hydrogens (primary N) is 2. The van der Waals surface area contributed by atoms with Crippen molar-refractivity contribution in [1.29, 1.82) is 0 Å². The monoisotopic (exact) mass is 506 g/mol. The second-order valence-electron chi connectivity index (χ2n) is 6.57. The van der Waals surface area contributed by atoms with Crippen LogP contribution in [-0.2, 0) is 4.79 Å². The van der Waals surface area contributed by atoms with E-state index < -0.39 is 11.8 Å². The number of rotatable bonds is 4. The van der Waals surface area contributed by atoms with Crippen LogP contribution >= 0.6 is 31.9 Å². The quantitative estimate of drug-likeness (QED) is 0.367. The fourth-order valence-electron chi connectivity index (χ4n) is 3.25. The van der Waals surface area contributed by atoms with Crippen molar-refractivity contribution < 1.29 is 13.6 Å². The summed E-state index contributed by atoms with van der Waals surface area (Å²) in [5, 5.41) is 0. The number of carbonyl (C=O) groups excluding carboxylic acids is 1. The molecule has 0 aliphatic rings. The smallest absolute Gasteiger partial charge is 0.155 e. The molecule has 2 atom stereocenters. The van der Waals surface area contributed by atoms with Gasteiger partial charge in [-0.2, -0.15) is 0 Å². The van der Waals surface area contributed by atoms with Gasteiger partial charge in [0.15, 0.2) is 16.9 Å². The second kappa shape index (κ2) is 6.89. The van der Waals surface area contributed by atoms with Gasteiger partial charge < -0.3 is 20.3 Å². The molecule has 4 N–H and O–H groups in total. The minimum Gasteiger partial charge on any atom is -0.456 e. The molecular formula is C19H16Br2N4O3. The predicted molar refractivity (Wildman–Crippen MR) is 114 cm³/mol. The van der Waals surface area contributed by atoms with Gasteiger partial charge in [-0.15, -0.1) is 0 Å². The van der Waals surface area contributed by atoms with Gasteiger partial charge in [-0.3, -0.25) is 4.79 Å². The molecule has 0 radical (unpaired) electrons. The number of pyridine rings is 2. The van der Waals surface area contributed by atoms with Crippen LogP contribution in [0.15, 0.2) is 42.3 Å². The first-order chi connectivity index (χ1) is 13.3. The number of carbonyl (C=O) groups is 1. The summed E-state index contributed by atoms with van der Waals surface area (Å²) in [6.07, 6.45) is 0. The lowest BCUT2D eigenvalue weighted by Crippen LogP contribution is -2.17. The molecule has 4 aromatic rings. The molecule has 0 aliphatic heterocycles. The summed E-state index contributed by atoms with van der Waals surface area (Å²) < 4.78 is 12.9. The summed E-state index contributed by atoms with van der Waals surface area (Å²) in [7, 11) is 0. The maximum absolute atomic E-state index is 13.1. The number of hydrogen-bond acceptors (Lipinski definition) is 7. The molecule has 0 spiro atoms. The van der Waals surface area contributed by atoms with Crippen LogP contribution in [0.4, 0.5) is 11.4 Å². The van der Waals surface area contributed by atoms with Gasteiger partial charge in [-0.1, -0.05) is 0 Å². The van der Waals surface area contributed by atoms with Crippen molar-refractivity contribution >= 4 is 71.2 Å². The van der Waals surface area contributed by atoms with E-state index in [0.717, 1.165) is 0 Å². The standard InChI is InChI=1S/C19H16Br2N4O3/c1-7(18-13(22)15-9(27-18)3-5-11(20)24-15)17(26)8(2)19-14(23)16-10(28-19)4-6-12(21)25-16/h3-8H,22-23H2,1-2H3. The highest BCUT2D eigenvalue weighted by Gasteiger charge is 2.32. The summed E-state index contributed by atoms with van der Waals surface area (Å²) in [5.41, 5.74) is 15.2. The zero-order valence-electron chi connectivity index (χ0n) is 15.0. The summed E-state index contributed by atoms with van der Waals surface area (Å²) >= 11 is 6.63. The van der Waals surface area contributed by atoms with Gasteiger partial charge in [0, 0.05) is 0 Å². The molecule has 0 amide bonds. The first-order valence-corrected chi connectivity index (χ1v) is 10.1. The maximum atomic E-state index is 13.1. The van der Waals surface area contributed by atoms with Crippen LogP contribution in [0, 0.1) is 0 Å². The maximum Gasteiger partial charge on any atom is 0.155 e. The Kier molecular flexibility index (Phi) is 4.67. The van der Waals surface area contributed by atoms with Crippen molar-refractivity contribution in [3.8, 4) is 0 Å². The lowest BCUT2D eigenvalue weighted by atomic mass is 9.91. The fourth-order valence-corrected chi connectivity index (χ4v) is 3.87. The Morgan fingerprint density at radius 3 is 1.64 bits per heavy atom. The van der Waals surface area contributed by atoms with Crippen LogP contribution in [-0.4, -0.2) is 15.8 Å². The molecule has 4 rings (SSSR count). The summed E-state index contributed by atoms with van der Waals surface area (Å²) in [6.45, 7) is 3.49. The molecule has 2 unspecified atom stereocenters. The Balaban J connectivity index is 1.71. The zero-order valence-corrected chi connectivity index (χ0v) is 18.2. The Morgan fingerprint density at radius 2 is 1.25 bits per heavy atom. The number of furan rings is 2. The number of fused-ring (bicyclic) bond motifs is 2. The van der Waals surface area contributed by atoms with Crippen LogP contribution < -0.4 is 11.5 Å². The number of nitrogens with zero attached hydrogens (tertiary/aromatic N) is 2. The van der Waals surface area contributed by atoms with Gasteiger partial charge in [0.2, 0.25) is 0 Å². The van der Waals surface area contributed by atoms with E-state index in [-0.39, 0.29) is 5.78 Å². The number of Topliss-reactive ketones (excluding diaryl/α,β-unsaturated/α-hetero) is 1. The minimum absolute atomic E-state index is 0.130. The third-order valence-corrected chi connectivity index (χ3v) is 5.65. The van der Waals surface area contributed by atoms with Crippen LogP contribution in [0.2, 0.25) is 0 Å². The van der Waals surface area contributed by atoms with Gasteiger partial charge >= 0.3 is 0 Å². The average molecular weight is 508 g/mol. The summed E-state index contributed by atoms with van der Waals surface area (Å²) in [4.78, 5) is 21.8. The van der Waals surface area contributed by atoms with E-state index in [4.69, 9.17) is 20.3 Å². The predicted octanol–water partition coefficient (Wildman–Crippen LogP) is 5.13. The van der Waals surface area contributed by atoms with Gasteiger partial charge in [0.25, 0.3) is 0 Å². The van der Waals surface area contributed by atoms with Crippen LogP contribution in [0.5, 0.6) is 0 Å². The largest absolute Gasteiger partial charge is 0.456 e. The van der Waals surface area contributed by atoms with Gasteiger partial charge in [0.05, 0.1) is 11.8 Å². The molecule has 9 heteroatoms. The van der Waals surface area contributed by atoms with Crippen molar-refractivity contribution in [2.75, 3.05) is 11.5 Å². The molecular weight excluding hydrogens is 492 g/mol. The van der Waals surface area contributed by atoms with Crippen molar-refractivity contribution in [1.82, 2.24) is 9.97 Å². The summed E-state index contributed by atoms with van der Waals surface area (Å²) in [6, 6.07) is 7.02. The number of hydrogen-bond donors (Lipinski definition) is 2. The lowest BCUT2D eigenvalue weighted by Gasteiger charge is -2.14. The van der Waals surface area contributed by atoms with Crippen LogP contribution in [0.1, 0.15) is 37.2 Å². The van der Waals surface area contributed by atoms with E-state index in [2.05, 4.69) is 41.8 Å². The molecule has 28 heavy (non-hydrogen) atoms. The van der Waals surface area contributed by atoms with Crippen molar-refractivity contribution in [3.63, 3.8) is 0 Å². The zero-order chi connectivity index (χ0) is 20.2. The molecule has 0 bridgehead atoms.